The number of nitro benzene ring substituents is 1. The fourth-order valence-electron chi connectivity index (χ4n) is 3.98. The molecule has 1 atom stereocenters. The Morgan fingerprint density at radius 3 is 2.13 bits per heavy atom. The van der Waals surface area contributed by atoms with Crippen molar-refractivity contribution in [2.75, 3.05) is 0 Å². The molecule has 0 saturated carbocycles. The molecule has 0 N–H and O–H groups in total. The molecule has 0 radical (unpaired) electrons. The lowest BCUT2D eigenvalue weighted by Crippen LogP contribution is -2.26. The molecule has 0 amide bonds. The minimum Gasteiger partial charge on any atom is -0.294 e. The Bertz CT molecular complexity index is 1180. The van der Waals surface area contributed by atoms with Crippen LogP contribution in [0.4, 0.5) is 5.69 Å². The van der Waals surface area contributed by atoms with Crippen LogP contribution < -0.4 is 0 Å². The second-order valence-electron chi connectivity index (χ2n) is 7.34. The summed E-state index contributed by atoms with van der Waals surface area (Å²) in [6, 6.07) is 18.6. The number of carbonyl (C=O) groups is 3. The normalized spacial score (nSPS) is 14.4. The number of fused-ring (bicyclic) bond motifs is 1. The van der Waals surface area contributed by atoms with Crippen molar-refractivity contribution in [1.29, 1.82) is 0 Å². The van der Waals surface area contributed by atoms with Gasteiger partial charge in [0.05, 0.1) is 10.8 Å². The van der Waals surface area contributed by atoms with Gasteiger partial charge in [0.1, 0.15) is 0 Å². The number of nitrogens with zero attached hydrogens (tertiary/aromatic N) is 1. The summed E-state index contributed by atoms with van der Waals surface area (Å²) in [5.41, 5.74) is 1.24. The first-order valence-corrected chi connectivity index (χ1v) is 9.95. The van der Waals surface area contributed by atoms with Crippen LogP contribution in [0, 0.1) is 16.0 Å². The molecule has 3 aromatic carbocycles. The maximum atomic E-state index is 13.1. The lowest BCUT2D eigenvalue weighted by molar-refractivity contribution is -0.384. The number of rotatable bonds is 6. The molecular weight excluding hydrogens is 418 g/mol. The van der Waals surface area contributed by atoms with E-state index in [-0.39, 0.29) is 29.5 Å². The molecular formula is C24H16ClNO5. The predicted molar refractivity (Wildman–Crippen MR) is 115 cm³/mol. The summed E-state index contributed by atoms with van der Waals surface area (Å²) in [5, 5.41) is 11.7. The van der Waals surface area contributed by atoms with Crippen LogP contribution in [0.3, 0.4) is 0 Å². The van der Waals surface area contributed by atoms with Crippen LogP contribution in [0.5, 0.6) is 0 Å². The summed E-state index contributed by atoms with van der Waals surface area (Å²) >= 11 is 5.89. The van der Waals surface area contributed by atoms with Crippen molar-refractivity contribution >= 4 is 34.6 Å². The smallest absolute Gasteiger partial charge is 0.269 e. The van der Waals surface area contributed by atoms with Gasteiger partial charge in [0.25, 0.3) is 5.69 Å². The van der Waals surface area contributed by atoms with E-state index < -0.39 is 16.8 Å². The maximum Gasteiger partial charge on any atom is 0.269 e. The van der Waals surface area contributed by atoms with Crippen molar-refractivity contribution in [3.05, 3.63) is 110 Å². The first kappa shape index (κ1) is 20.6. The van der Waals surface area contributed by atoms with Crippen LogP contribution in [-0.2, 0) is 0 Å². The van der Waals surface area contributed by atoms with Gasteiger partial charge in [0, 0.05) is 46.2 Å². The van der Waals surface area contributed by atoms with Crippen LogP contribution in [0.25, 0.3) is 0 Å². The van der Waals surface area contributed by atoms with Gasteiger partial charge in [-0.1, -0.05) is 48.0 Å². The molecule has 31 heavy (non-hydrogen) atoms. The van der Waals surface area contributed by atoms with Crippen molar-refractivity contribution in [3.8, 4) is 0 Å². The van der Waals surface area contributed by atoms with Gasteiger partial charge in [-0.3, -0.25) is 24.5 Å². The van der Waals surface area contributed by atoms with Gasteiger partial charge in [-0.2, -0.15) is 0 Å². The lowest BCUT2D eigenvalue weighted by Gasteiger charge is -2.21. The third kappa shape index (κ3) is 3.90. The van der Waals surface area contributed by atoms with Crippen LogP contribution >= 0.6 is 11.6 Å². The monoisotopic (exact) mass is 433 g/mol. The third-order valence-electron chi connectivity index (χ3n) is 5.51. The molecule has 6 nitrogen and oxygen atoms in total. The molecule has 0 saturated heterocycles. The molecule has 4 rings (SSSR count). The first-order chi connectivity index (χ1) is 14.9. The number of nitro groups is 1. The summed E-state index contributed by atoms with van der Waals surface area (Å²) in [6.45, 7) is 0. The van der Waals surface area contributed by atoms with Gasteiger partial charge in [0.15, 0.2) is 17.3 Å². The topological polar surface area (TPSA) is 94.3 Å². The Balaban J connectivity index is 1.76. The highest BCUT2D eigenvalue weighted by Crippen LogP contribution is 2.40. The number of ketones is 3. The summed E-state index contributed by atoms with van der Waals surface area (Å²) in [7, 11) is 0. The molecule has 0 bridgehead atoms. The summed E-state index contributed by atoms with van der Waals surface area (Å²) < 4.78 is 0. The second-order valence-corrected chi connectivity index (χ2v) is 7.78. The molecule has 0 spiro atoms. The summed E-state index contributed by atoms with van der Waals surface area (Å²) in [6.07, 6.45) is -0.154. The molecule has 0 fully saturated rings. The van der Waals surface area contributed by atoms with Gasteiger partial charge in [-0.25, -0.2) is 0 Å². The van der Waals surface area contributed by atoms with E-state index in [1.165, 1.54) is 18.2 Å². The zero-order chi connectivity index (χ0) is 22.1. The minimum absolute atomic E-state index is 0.154. The lowest BCUT2D eigenvalue weighted by atomic mass is 9.78. The SMILES string of the molecule is O=C(CC(c1cccc([N+](=O)[O-])c1)C1C(=O)c2ccccc2C1=O)c1ccc(Cl)cc1. The molecule has 1 aliphatic rings. The fourth-order valence-corrected chi connectivity index (χ4v) is 4.11. The molecule has 0 heterocycles. The first-order valence-electron chi connectivity index (χ1n) is 9.57. The number of hydrogen-bond donors (Lipinski definition) is 0. The highest BCUT2D eigenvalue weighted by molar-refractivity contribution is 6.30. The van der Waals surface area contributed by atoms with Crippen molar-refractivity contribution in [3.63, 3.8) is 0 Å². The second kappa shape index (κ2) is 8.24. The van der Waals surface area contributed by atoms with E-state index in [0.29, 0.717) is 27.3 Å². The molecule has 1 aliphatic carbocycles. The Labute approximate surface area is 182 Å². The molecule has 7 heteroatoms. The molecule has 0 aromatic heterocycles. The number of non-ortho nitro benzene ring substituents is 1. The van der Waals surface area contributed by atoms with Crippen LogP contribution in [0.1, 0.15) is 49.0 Å². The zero-order valence-electron chi connectivity index (χ0n) is 16.2. The number of benzene rings is 3. The third-order valence-corrected chi connectivity index (χ3v) is 5.76. The molecule has 1 unspecified atom stereocenters. The Hall–Kier alpha value is -3.64. The van der Waals surface area contributed by atoms with E-state index in [1.807, 2.05) is 0 Å². The number of Topliss-reactive ketones (excluding diaryl/α,β-unsaturated/α-hetero) is 3. The average molecular weight is 434 g/mol. The van der Waals surface area contributed by atoms with E-state index in [0.717, 1.165) is 0 Å². The minimum atomic E-state index is -1.12. The highest BCUT2D eigenvalue weighted by atomic mass is 35.5. The molecule has 0 aliphatic heterocycles. The predicted octanol–water partition coefficient (Wildman–Crippen LogP) is 5.30. The van der Waals surface area contributed by atoms with Crippen LogP contribution in [0.15, 0.2) is 72.8 Å². The van der Waals surface area contributed by atoms with E-state index in [9.17, 15) is 24.5 Å². The van der Waals surface area contributed by atoms with Gasteiger partial charge in [-0.05, 0) is 29.8 Å². The standard InChI is InChI=1S/C24H16ClNO5/c25-16-10-8-14(9-11-16)21(27)13-20(15-4-3-5-17(12-15)26(30)31)22-23(28)18-6-1-2-7-19(18)24(22)29/h1-12,20,22H,13H2. The number of carbonyl (C=O) groups excluding carboxylic acids is 3. The largest absolute Gasteiger partial charge is 0.294 e. The van der Waals surface area contributed by atoms with E-state index in [2.05, 4.69) is 0 Å². The summed E-state index contributed by atoms with van der Waals surface area (Å²) in [4.78, 5) is 50.0. The maximum absolute atomic E-state index is 13.1. The van der Waals surface area contributed by atoms with Crippen molar-refractivity contribution < 1.29 is 19.3 Å². The van der Waals surface area contributed by atoms with Gasteiger partial charge >= 0.3 is 0 Å². The van der Waals surface area contributed by atoms with Gasteiger partial charge in [0.2, 0.25) is 0 Å². The summed E-state index contributed by atoms with van der Waals surface area (Å²) in [5.74, 6) is -2.99. The zero-order valence-corrected chi connectivity index (χ0v) is 16.9. The van der Waals surface area contributed by atoms with Crippen LogP contribution in [0.2, 0.25) is 5.02 Å². The molecule has 3 aromatic rings. The van der Waals surface area contributed by atoms with E-state index in [4.69, 9.17) is 11.6 Å². The number of hydrogen-bond acceptors (Lipinski definition) is 5. The average Bonchev–Trinajstić information content (AvgIpc) is 3.03. The Kier molecular flexibility index (Phi) is 5.48. The highest BCUT2D eigenvalue weighted by Gasteiger charge is 2.44. The van der Waals surface area contributed by atoms with E-state index >= 15 is 0 Å². The molecule has 154 valence electrons. The van der Waals surface area contributed by atoms with Crippen molar-refractivity contribution in [1.82, 2.24) is 0 Å². The Morgan fingerprint density at radius 1 is 0.935 bits per heavy atom. The van der Waals surface area contributed by atoms with Crippen LogP contribution in [-0.4, -0.2) is 22.3 Å². The Morgan fingerprint density at radius 2 is 1.55 bits per heavy atom. The van der Waals surface area contributed by atoms with Crippen molar-refractivity contribution in [2.24, 2.45) is 5.92 Å². The van der Waals surface area contributed by atoms with Crippen molar-refractivity contribution in [2.45, 2.75) is 12.3 Å². The van der Waals surface area contributed by atoms with E-state index in [1.54, 1.807) is 54.6 Å². The number of halogens is 1. The van der Waals surface area contributed by atoms with Gasteiger partial charge < -0.3 is 0 Å². The quantitative estimate of drug-likeness (QED) is 0.227. The van der Waals surface area contributed by atoms with Gasteiger partial charge in [-0.15, -0.1) is 0 Å². The fraction of sp³-hybridized carbons (Fsp3) is 0.125.